The Hall–Kier alpha value is -0.310. The molecule has 0 spiro atoms. The SMILES string of the molecule is NC(=O)[C@@H]1CC=CC[C@@H]1Br. The Labute approximate surface area is 68.6 Å². The molecule has 1 amide bonds. The van der Waals surface area contributed by atoms with Crippen molar-refractivity contribution in [3.63, 3.8) is 0 Å². The topological polar surface area (TPSA) is 43.1 Å². The largest absolute Gasteiger partial charge is 0.369 e. The van der Waals surface area contributed by atoms with Gasteiger partial charge in [-0.3, -0.25) is 4.79 Å². The summed E-state index contributed by atoms with van der Waals surface area (Å²) in [5, 5.41) is 0. The molecule has 0 heterocycles. The number of carbonyl (C=O) groups is 1. The van der Waals surface area contributed by atoms with Gasteiger partial charge in [0.05, 0.1) is 5.92 Å². The second kappa shape index (κ2) is 3.19. The quantitative estimate of drug-likeness (QED) is 0.506. The molecule has 0 aliphatic heterocycles. The van der Waals surface area contributed by atoms with E-state index in [1.807, 2.05) is 6.08 Å². The minimum absolute atomic E-state index is 0.00926. The smallest absolute Gasteiger partial charge is 0.221 e. The maximum atomic E-state index is 10.7. The molecule has 2 nitrogen and oxygen atoms in total. The second-order valence-corrected chi connectivity index (χ2v) is 3.64. The minimum Gasteiger partial charge on any atom is -0.369 e. The molecule has 1 aliphatic carbocycles. The first-order valence-electron chi connectivity index (χ1n) is 3.30. The van der Waals surface area contributed by atoms with E-state index < -0.39 is 0 Å². The van der Waals surface area contributed by atoms with Crippen LogP contribution in [-0.4, -0.2) is 10.7 Å². The third-order valence-electron chi connectivity index (χ3n) is 1.72. The van der Waals surface area contributed by atoms with Crippen LogP contribution in [0.3, 0.4) is 0 Å². The summed E-state index contributed by atoms with van der Waals surface area (Å²) in [5.41, 5.74) is 5.15. The highest BCUT2D eigenvalue weighted by Crippen LogP contribution is 2.24. The fourth-order valence-electron chi connectivity index (χ4n) is 1.08. The standard InChI is InChI=1S/C7H10BrNO/c8-6-4-2-1-3-5(6)7(9)10/h1-2,5-6H,3-4H2,(H2,9,10)/t5-,6+/m1/s1. The highest BCUT2D eigenvalue weighted by atomic mass is 79.9. The molecule has 0 unspecified atom stereocenters. The highest BCUT2D eigenvalue weighted by molar-refractivity contribution is 9.09. The van der Waals surface area contributed by atoms with E-state index in [1.54, 1.807) is 0 Å². The molecule has 0 bridgehead atoms. The summed E-state index contributed by atoms with van der Waals surface area (Å²) in [6.45, 7) is 0. The normalized spacial score (nSPS) is 32.1. The molecular formula is C7H10BrNO. The summed E-state index contributed by atoms with van der Waals surface area (Å²) in [4.78, 5) is 11.0. The Bertz CT molecular complexity index is 167. The average molecular weight is 204 g/mol. The molecule has 3 heteroatoms. The molecule has 0 aromatic rings. The first-order chi connectivity index (χ1) is 4.72. The molecule has 2 atom stereocenters. The van der Waals surface area contributed by atoms with E-state index in [9.17, 15) is 4.79 Å². The van der Waals surface area contributed by atoms with Crippen LogP contribution >= 0.6 is 15.9 Å². The maximum Gasteiger partial charge on any atom is 0.221 e. The fourth-order valence-corrected chi connectivity index (χ4v) is 1.77. The van der Waals surface area contributed by atoms with Gasteiger partial charge in [-0.05, 0) is 12.8 Å². The Kier molecular flexibility index (Phi) is 2.49. The fraction of sp³-hybridized carbons (Fsp3) is 0.571. The first-order valence-corrected chi connectivity index (χ1v) is 4.22. The Morgan fingerprint density at radius 2 is 2.10 bits per heavy atom. The maximum absolute atomic E-state index is 10.7. The van der Waals surface area contributed by atoms with Gasteiger partial charge in [0.2, 0.25) is 5.91 Å². The molecule has 0 aromatic carbocycles. The molecular weight excluding hydrogens is 194 g/mol. The summed E-state index contributed by atoms with van der Waals surface area (Å²) in [6, 6.07) is 0. The Morgan fingerprint density at radius 1 is 1.50 bits per heavy atom. The summed E-state index contributed by atoms with van der Waals surface area (Å²) in [6.07, 6.45) is 5.77. The van der Waals surface area contributed by atoms with Crippen LogP contribution < -0.4 is 5.73 Å². The molecule has 1 aliphatic rings. The van der Waals surface area contributed by atoms with Crippen molar-refractivity contribution >= 4 is 21.8 Å². The number of carbonyl (C=O) groups excluding carboxylic acids is 1. The molecule has 0 aromatic heterocycles. The van der Waals surface area contributed by atoms with Crippen LogP contribution in [0.1, 0.15) is 12.8 Å². The van der Waals surface area contributed by atoms with Crippen LogP contribution in [0.25, 0.3) is 0 Å². The van der Waals surface area contributed by atoms with Gasteiger partial charge in [0.15, 0.2) is 0 Å². The second-order valence-electron chi connectivity index (χ2n) is 2.47. The van der Waals surface area contributed by atoms with Crippen LogP contribution in [0.15, 0.2) is 12.2 Å². The van der Waals surface area contributed by atoms with E-state index in [0.29, 0.717) is 0 Å². The van der Waals surface area contributed by atoms with Gasteiger partial charge < -0.3 is 5.73 Å². The van der Waals surface area contributed by atoms with Crippen molar-refractivity contribution in [1.29, 1.82) is 0 Å². The number of amides is 1. The van der Waals surface area contributed by atoms with E-state index in [1.165, 1.54) is 0 Å². The lowest BCUT2D eigenvalue weighted by molar-refractivity contribution is -0.121. The lowest BCUT2D eigenvalue weighted by atomic mass is 9.94. The molecule has 56 valence electrons. The van der Waals surface area contributed by atoms with Gasteiger partial charge in [0.1, 0.15) is 0 Å². The number of alkyl halides is 1. The third kappa shape index (κ3) is 1.59. The van der Waals surface area contributed by atoms with E-state index in [2.05, 4.69) is 22.0 Å². The Morgan fingerprint density at radius 3 is 2.50 bits per heavy atom. The number of nitrogens with two attached hydrogens (primary N) is 1. The zero-order chi connectivity index (χ0) is 7.56. The third-order valence-corrected chi connectivity index (χ3v) is 2.73. The van der Waals surface area contributed by atoms with Gasteiger partial charge in [-0.15, -0.1) is 0 Å². The van der Waals surface area contributed by atoms with Crippen molar-refractivity contribution in [2.75, 3.05) is 0 Å². The van der Waals surface area contributed by atoms with Crippen molar-refractivity contribution in [1.82, 2.24) is 0 Å². The molecule has 10 heavy (non-hydrogen) atoms. The summed E-state index contributed by atoms with van der Waals surface area (Å²) >= 11 is 3.40. The van der Waals surface area contributed by atoms with Gasteiger partial charge >= 0.3 is 0 Å². The molecule has 1 rings (SSSR count). The van der Waals surface area contributed by atoms with E-state index >= 15 is 0 Å². The zero-order valence-corrected chi connectivity index (χ0v) is 7.17. The van der Waals surface area contributed by atoms with Gasteiger partial charge in [0.25, 0.3) is 0 Å². The predicted octanol–water partition coefficient (Wildman–Crippen LogP) is 1.20. The minimum atomic E-state index is -0.203. The van der Waals surface area contributed by atoms with Gasteiger partial charge in [-0.2, -0.15) is 0 Å². The average Bonchev–Trinajstić information content (AvgIpc) is 1.88. The van der Waals surface area contributed by atoms with Crippen LogP contribution in [-0.2, 0) is 4.79 Å². The van der Waals surface area contributed by atoms with Gasteiger partial charge in [-0.25, -0.2) is 0 Å². The van der Waals surface area contributed by atoms with E-state index in [-0.39, 0.29) is 16.7 Å². The molecule has 0 saturated carbocycles. The van der Waals surface area contributed by atoms with Gasteiger partial charge in [-0.1, -0.05) is 28.1 Å². The number of hydrogen-bond donors (Lipinski definition) is 1. The number of halogens is 1. The van der Waals surface area contributed by atoms with Crippen molar-refractivity contribution in [3.05, 3.63) is 12.2 Å². The number of rotatable bonds is 1. The highest BCUT2D eigenvalue weighted by Gasteiger charge is 2.24. The van der Waals surface area contributed by atoms with Crippen LogP contribution in [0.5, 0.6) is 0 Å². The first kappa shape index (κ1) is 7.79. The molecule has 0 saturated heterocycles. The summed E-state index contributed by atoms with van der Waals surface area (Å²) < 4.78 is 0. The summed E-state index contributed by atoms with van der Waals surface area (Å²) in [7, 11) is 0. The monoisotopic (exact) mass is 203 g/mol. The lowest BCUT2D eigenvalue weighted by Crippen LogP contribution is -2.31. The van der Waals surface area contributed by atoms with E-state index in [0.717, 1.165) is 12.8 Å². The van der Waals surface area contributed by atoms with Crippen molar-refractivity contribution < 1.29 is 4.79 Å². The van der Waals surface area contributed by atoms with Crippen molar-refractivity contribution in [2.24, 2.45) is 11.7 Å². The van der Waals surface area contributed by atoms with Gasteiger partial charge in [0, 0.05) is 4.83 Å². The predicted molar refractivity (Wildman–Crippen MR) is 43.8 cm³/mol. The zero-order valence-electron chi connectivity index (χ0n) is 5.59. The summed E-state index contributed by atoms with van der Waals surface area (Å²) in [5.74, 6) is -0.212. The number of primary amides is 1. The molecule has 0 radical (unpaired) electrons. The number of hydrogen-bond acceptors (Lipinski definition) is 1. The lowest BCUT2D eigenvalue weighted by Gasteiger charge is -2.19. The Balaban J connectivity index is 2.59. The molecule has 2 N–H and O–H groups in total. The van der Waals surface area contributed by atoms with Crippen molar-refractivity contribution in [2.45, 2.75) is 17.7 Å². The van der Waals surface area contributed by atoms with Crippen LogP contribution in [0, 0.1) is 5.92 Å². The van der Waals surface area contributed by atoms with Crippen molar-refractivity contribution in [3.8, 4) is 0 Å². The van der Waals surface area contributed by atoms with Crippen LogP contribution in [0.4, 0.5) is 0 Å². The van der Waals surface area contributed by atoms with Crippen LogP contribution in [0.2, 0.25) is 0 Å². The number of allylic oxidation sites excluding steroid dienone is 2. The molecule has 0 fully saturated rings. The van der Waals surface area contributed by atoms with E-state index in [4.69, 9.17) is 5.73 Å².